The van der Waals surface area contributed by atoms with Crippen LogP contribution >= 0.6 is 0 Å². The van der Waals surface area contributed by atoms with Gasteiger partial charge in [0.05, 0.1) is 5.56 Å². The summed E-state index contributed by atoms with van der Waals surface area (Å²) >= 11 is 0. The van der Waals surface area contributed by atoms with Gasteiger partial charge in [-0.2, -0.15) is 26.3 Å². The molecule has 0 amide bonds. The summed E-state index contributed by atoms with van der Waals surface area (Å²) in [5.74, 6) is -1.71. The number of halogens is 6. The van der Waals surface area contributed by atoms with Crippen LogP contribution in [0.2, 0.25) is 0 Å². The number of pyridine rings is 1. The highest BCUT2D eigenvalue weighted by atomic mass is 19.4. The van der Waals surface area contributed by atoms with Crippen LogP contribution in [-0.4, -0.2) is 34.8 Å². The van der Waals surface area contributed by atoms with Crippen LogP contribution in [0.1, 0.15) is 11.1 Å². The van der Waals surface area contributed by atoms with Crippen molar-refractivity contribution < 1.29 is 31.1 Å². The van der Waals surface area contributed by atoms with Crippen LogP contribution in [0.3, 0.4) is 0 Å². The quantitative estimate of drug-likeness (QED) is 0.744. The predicted molar refractivity (Wildman–Crippen MR) is 79.7 cm³/mol. The fraction of sp³-hybridized carbons (Fsp3) is 0.188. The minimum atomic E-state index is -5.83. The molecule has 10 heteroatoms. The van der Waals surface area contributed by atoms with Gasteiger partial charge in [0, 0.05) is 18.0 Å². The van der Waals surface area contributed by atoms with Crippen molar-refractivity contribution in [2.24, 2.45) is 9.98 Å². The lowest BCUT2D eigenvalue weighted by molar-refractivity contribution is -0.293. The van der Waals surface area contributed by atoms with Gasteiger partial charge in [0.1, 0.15) is 0 Å². The normalized spacial score (nSPS) is 17.2. The first-order valence-electron chi connectivity index (χ1n) is 7.11. The molecule has 0 saturated carbocycles. The van der Waals surface area contributed by atoms with E-state index < -0.39 is 29.8 Å². The zero-order valence-electron chi connectivity index (χ0n) is 12.7. The third-order valence-corrected chi connectivity index (χ3v) is 3.44. The van der Waals surface area contributed by atoms with Crippen molar-refractivity contribution in [3.63, 3.8) is 0 Å². The number of nitrogens with zero attached hydrogens (tertiary/aromatic N) is 3. The summed E-state index contributed by atoms with van der Waals surface area (Å²) in [4.78, 5) is 9.32. The molecule has 1 aromatic heterocycles. The van der Waals surface area contributed by atoms with Gasteiger partial charge >= 0.3 is 18.0 Å². The Morgan fingerprint density at radius 3 is 1.77 bits per heavy atom. The van der Waals surface area contributed by atoms with Crippen LogP contribution in [0.5, 0.6) is 0 Å². The fourth-order valence-corrected chi connectivity index (χ4v) is 2.19. The van der Waals surface area contributed by atoms with Gasteiger partial charge in [-0.05, 0) is 24.3 Å². The van der Waals surface area contributed by atoms with Crippen molar-refractivity contribution in [1.29, 1.82) is 0 Å². The first kappa shape index (κ1) is 17.9. The molecule has 1 aliphatic heterocycles. The van der Waals surface area contributed by atoms with E-state index in [1.807, 2.05) is 0 Å². The number of benzene rings is 1. The molecule has 1 aliphatic rings. The molecule has 2 heterocycles. The van der Waals surface area contributed by atoms with E-state index in [2.05, 4.69) is 15.0 Å². The Bertz CT molecular complexity index is 772. The molecule has 1 aromatic carbocycles. The van der Waals surface area contributed by atoms with Crippen LogP contribution in [0.4, 0.5) is 26.3 Å². The molecule has 3 rings (SSSR count). The van der Waals surface area contributed by atoms with Gasteiger partial charge in [0.15, 0.2) is 0 Å². The second-order valence-electron chi connectivity index (χ2n) is 5.21. The Morgan fingerprint density at radius 1 is 0.731 bits per heavy atom. The summed E-state index contributed by atoms with van der Waals surface area (Å²) in [6.07, 6.45) is -9.31. The monoisotopic (exact) mass is 373 g/mol. The number of ether oxygens (including phenoxy) is 1. The summed E-state index contributed by atoms with van der Waals surface area (Å²) in [6.45, 7) is 0. The molecular formula is C16H9F6N3O. The largest absolute Gasteiger partial charge is 0.443 e. The Morgan fingerprint density at radius 2 is 1.27 bits per heavy atom. The Balaban J connectivity index is 2.25. The van der Waals surface area contributed by atoms with Crippen LogP contribution in [0, 0.1) is 0 Å². The first-order valence-corrected chi connectivity index (χ1v) is 7.11. The van der Waals surface area contributed by atoms with Crippen molar-refractivity contribution >= 4 is 11.8 Å². The fourth-order valence-electron chi connectivity index (χ4n) is 2.19. The summed E-state index contributed by atoms with van der Waals surface area (Å²) in [5, 5.41) is 0. The smallest absolute Gasteiger partial charge is 0.420 e. The average Bonchev–Trinajstić information content (AvgIpc) is 2.61. The topological polar surface area (TPSA) is 46.8 Å². The summed E-state index contributed by atoms with van der Waals surface area (Å²) in [6, 6.07) is 9.53. The van der Waals surface area contributed by atoms with Crippen molar-refractivity contribution in [3.05, 3.63) is 66.0 Å². The maximum absolute atomic E-state index is 13.5. The summed E-state index contributed by atoms with van der Waals surface area (Å²) < 4.78 is 86.0. The Kier molecular flexibility index (Phi) is 4.21. The molecule has 0 N–H and O–H groups in total. The van der Waals surface area contributed by atoms with E-state index in [4.69, 9.17) is 4.74 Å². The van der Waals surface area contributed by atoms with E-state index in [0.717, 1.165) is 6.20 Å². The molecule has 2 aromatic rings. The van der Waals surface area contributed by atoms with Gasteiger partial charge in [-0.25, -0.2) is 9.98 Å². The Hall–Kier alpha value is -2.91. The number of aromatic nitrogens is 1. The van der Waals surface area contributed by atoms with Gasteiger partial charge in [0.2, 0.25) is 11.8 Å². The number of hydrogen-bond donors (Lipinski definition) is 0. The second-order valence-corrected chi connectivity index (χ2v) is 5.21. The van der Waals surface area contributed by atoms with Crippen molar-refractivity contribution in [1.82, 2.24) is 4.98 Å². The van der Waals surface area contributed by atoms with Crippen molar-refractivity contribution in [2.45, 2.75) is 18.0 Å². The van der Waals surface area contributed by atoms with Gasteiger partial charge in [-0.3, -0.25) is 4.98 Å². The van der Waals surface area contributed by atoms with Gasteiger partial charge in [-0.15, -0.1) is 0 Å². The van der Waals surface area contributed by atoms with Gasteiger partial charge in [0.25, 0.3) is 0 Å². The number of rotatable bonds is 2. The van der Waals surface area contributed by atoms with E-state index in [9.17, 15) is 26.3 Å². The minimum Gasteiger partial charge on any atom is -0.420 e. The number of hydrogen-bond acceptors (Lipinski definition) is 4. The van der Waals surface area contributed by atoms with Crippen molar-refractivity contribution in [3.8, 4) is 0 Å². The van der Waals surface area contributed by atoms with E-state index in [0.29, 0.717) is 0 Å². The first-order chi connectivity index (χ1) is 12.1. The Labute approximate surface area is 142 Å². The molecule has 0 fully saturated rings. The molecule has 26 heavy (non-hydrogen) atoms. The number of alkyl halides is 6. The van der Waals surface area contributed by atoms with E-state index in [1.165, 1.54) is 42.6 Å². The minimum absolute atomic E-state index is 0.0540. The zero-order valence-corrected chi connectivity index (χ0v) is 12.7. The van der Waals surface area contributed by atoms with Crippen LogP contribution < -0.4 is 0 Å². The molecule has 0 unspecified atom stereocenters. The van der Waals surface area contributed by atoms with E-state index in [-0.39, 0.29) is 11.1 Å². The molecule has 136 valence electrons. The lowest BCUT2D eigenvalue weighted by Crippen LogP contribution is -2.56. The highest BCUT2D eigenvalue weighted by Gasteiger charge is 2.74. The maximum atomic E-state index is 13.5. The molecule has 4 nitrogen and oxygen atoms in total. The maximum Gasteiger partial charge on any atom is 0.443 e. The lowest BCUT2D eigenvalue weighted by Gasteiger charge is -2.33. The highest BCUT2D eigenvalue weighted by molar-refractivity contribution is 6.08. The molecule has 0 bridgehead atoms. The molecule has 0 radical (unpaired) electrons. The van der Waals surface area contributed by atoms with Crippen LogP contribution in [-0.2, 0) is 4.74 Å². The van der Waals surface area contributed by atoms with Gasteiger partial charge < -0.3 is 4.74 Å². The van der Waals surface area contributed by atoms with Crippen LogP contribution in [0.25, 0.3) is 0 Å². The molecule has 0 saturated heterocycles. The average molecular weight is 373 g/mol. The van der Waals surface area contributed by atoms with Crippen LogP contribution in [0.15, 0.2) is 64.8 Å². The summed E-state index contributed by atoms with van der Waals surface area (Å²) in [7, 11) is 0. The summed E-state index contributed by atoms with van der Waals surface area (Å²) in [5.41, 5.74) is -4.87. The van der Waals surface area contributed by atoms with Crippen molar-refractivity contribution in [2.75, 3.05) is 0 Å². The molecule has 0 atom stereocenters. The van der Waals surface area contributed by atoms with E-state index >= 15 is 0 Å². The molecule has 0 aliphatic carbocycles. The number of aliphatic imine (C=N–C) groups is 2. The zero-order chi connectivity index (χ0) is 19.0. The standard InChI is InChI=1S/C16H9F6N3O/c17-15(18,19)14(16(20,21)22)24-12(10-5-2-1-3-6-10)26-13(25-14)11-7-4-8-23-9-11/h1-9H. The third kappa shape index (κ3) is 3.02. The molecular weight excluding hydrogens is 364 g/mol. The van der Waals surface area contributed by atoms with Gasteiger partial charge in [-0.1, -0.05) is 18.2 Å². The third-order valence-electron chi connectivity index (χ3n) is 3.44. The predicted octanol–water partition coefficient (Wildman–Crippen LogP) is 4.13. The highest BCUT2D eigenvalue weighted by Crippen LogP contribution is 2.49. The second kappa shape index (κ2) is 6.11. The molecule has 0 spiro atoms. The lowest BCUT2D eigenvalue weighted by atomic mass is 10.1. The van der Waals surface area contributed by atoms with E-state index in [1.54, 1.807) is 6.07 Å². The SMILES string of the molecule is FC(F)(F)C1(C(F)(F)F)N=C(c2ccccc2)OC(c2cccnc2)=N1.